The molecule has 0 aliphatic carbocycles. The van der Waals surface area contributed by atoms with Gasteiger partial charge in [-0.3, -0.25) is 0 Å². The Balaban J connectivity index is 1.97. The average molecular weight is 221 g/mol. The molecule has 0 atom stereocenters. The maximum absolute atomic E-state index is 5.44. The zero-order valence-electron chi connectivity index (χ0n) is 8.60. The van der Waals surface area contributed by atoms with Crippen molar-refractivity contribution < 1.29 is 0 Å². The van der Waals surface area contributed by atoms with Crippen LogP contribution >= 0.6 is 11.8 Å². The highest BCUT2D eigenvalue weighted by Gasteiger charge is 2.00. The molecule has 0 saturated heterocycles. The van der Waals surface area contributed by atoms with Crippen LogP contribution in [0.5, 0.6) is 0 Å². The number of imidazole rings is 1. The fourth-order valence-corrected chi connectivity index (χ4v) is 2.28. The van der Waals surface area contributed by atoms with Crippen molar-refractivity contribution in [2.75, 3.05) is 12.3 Å². The third kappa shape index (κ3) is 2.73. The maximum Gasteiger partial charge on any atom is 0.137 e. The fourth-order valence-electron chi connectivity index (χ4n) is 1.42. The summed E-state index contributed by atoms with van der Waals surface area (Å²) in [6.45, 7) is 0.776. The molecule has 2 N–H and O–H groups in total. The Labute approximate surface area is 93.7 Å². The third-order valence-corrected chi connectivity index (χ3v) is 3.23. The van der Waals surface area contributed by atoms with E-state index >= 15 is 0 Å². The van der Waals surface area contributed by atoms with Crippen LogP contribution in [0.2, 0.25) is 0 Å². The van der Waals surface area contributed by atoms with Gasteiger partial charge in [-0.05, 0) is 30.9 Å². The Hall–Kier alpha value is -1.00. The molecule has 0 fully saturated rings. The average Bonchev–Trinajstić information content (AvgIpc) is 2.67. The minimum atomic E-state index is 0.776. The van der Waals surface area contributed by atoms with Crippen LogP contribution in [-0.2, 0) is 5.75 Å². The normalized spacial score (nSPS) is 11.0. The lowest BCUT2D eigenvalue weighted by atomic mass is 10.5. The molecule has 0 amide bonds. The first-order valence-electron chi connectivity index (χ1n) is 5.10. The number of aromatic nitrogens is 2. The van der Waals surface area contributed by atoms with Gasteiger partial charge in [0.1, 0.15) is 5.65 Å². The molecule has 2 aromatic rings. The third-order valence-electron chi connectivity index (χ3n) is 2.16. The van der Waals surface area contributed by atoms with Gasteiger partial charge in [-0.2, -0.15) is 11.8 Å². The number of nitrogens with two attached hydrogens (primary N) is 1. The lowest BCUT2D eigenvalue weighted by Gasteiger charge is -1.95. The number of hydrogen-bond donors (Lipinski definition) is 1. The number of fused-ring (bicyclic) bond motifs is 1. The molecule has 0 aromatic carbocycles. The fraction of sp³-hybridized carbons (Fsp3) is 0.364. The number of thioether (sulfide) groups is 1. The molecule has 0 saturated carbocycles. The molecule has 2 aromatic heterocycles. The van der Waals surface area contributed by atoms with E-state index in [0.717, 1.165) is 35.8 Å². The zero-order valence-corrected chi connectivity index (χ0v) is 9.41. The van der Waals surface area contributed by atoms with Gasteiger partial charge in [0, 0.05) is 18.1 Å². The summed E-state index contributed by atoms with van der Waals surface area (Å²) in [7, 11) is 0. The summed E-state index contributed by atoms with van der Waals surface area (Å²) in [6, 6.07) is 6.04. The SMILES string of the molecule is NCCCSCc1cn2ccccc2n1. The predicted octanol–water partition coefficient (Wildman–Crippen LogP) is 1.92. The maximum atomic E-state index is 5.44. The van der Waals surface area contributed by atoms with Gasteiger partial charge in [0.25, 0.3) is 0 Å². The van der Waals surface area contributed by atoms with Gasteiger partial charge in [0.15, 0.2) is 0 Å². The first kappa shape index (κ1) is 10.5. The van der Waals surface area contributed by atoms with Crippen molar-refractivity contribution in [3.63, 3.8) is 0 Å². The summed E-state index contributed by atoms with van der Waals surface area (Å²) in [6.07, 6.45) is 5.19. The van der Waals surface area contributed by atoms with E-state index in [4.69, 9.17) is 5.73 Å². The lowest BCUT2D eigenvalue weighted by molar-refractivity contribution is 0.942. The van der Waals surface area contributed by atoms with E-state index in [1.807, 2.05) is 36.2 Å². The number of pyridine rings is 1. The molecule has 0 spiro atoms. The van der Waals surface area contributed by atoms with Crippen LogP contribution in [0.25, 0.3) is 5.65 Å². The van der Waals surface area contributed by atoms with Gasteiger partial charge in [0.05, 0.1) is 5.69 Å². The Kier molecular flexibility index (Phi) is 3.64. The van der Waals surface area contributed by atoms with Crippen molar-refractivity contribution in [3.05, 3.63) is 36.3 Å². The highest BCUT2D eigenvalue weighted by molar-refractivity contribution is 7.98. The van der Waals surface area contributed by atoms with Crippen molar-refractivity contribution in [2.24, 2.45) is 5.73 Å². The van der Waals surface area contributed by atoms with Gasteiger partial charge in [0.2, 0.25) is 0 Å². The lowest BCUT2D eigenvalue weighted by Crippen LogP contribution is -1.99. The summed E-state index contributed by atoms with van der Waals surface area (Å²) in [5.74, 6) is 2.09. The molecule has 2 rings (SSSR count). The van der Waals surface area contributed by atoms with Crippen LogP contribution in [0.4, 0.5) is 0 Å². The van der Waals surface area contributed by atoms with Crippen LogP contribution in [0.1, 0.15) is 12.1 Å². The number of nitrogens with zero attached hydrogens (tertiary/aromatic N) is 2. The van der Waals surface area contributed by atoms with E-state index in [1.54, 1.807) is 0 Å². The van der Waals surface area contributed by atoms with E-state index < -0.39 is 0 Å². The molecular weight excluding hydrogens is 206 g/mol. The Morgan fingerprint density at radius 1 is 1.40 bits per heavy atom. The Morgan fingerprint density at radius 2 is 2.33 bits per heavy atom. The van der Waals surface area contributed by atoms with Gasteiger partial charge in [-0.1, -0.05) is 6.07 Å². The molecule has 80 valence electrons. The monoisotopic (exact) mass is 221 g/mol. The smallest absolute Gasteiger partial charge is 0.137 e. The van der Waals surface area contributed by atoms with E-state index in [1.165, 1.54) is 0 Å². The topological polar surface area (TPSA) is 43.3 Å². The predicted molar refractivity (Wildman–Crippen MR) is 65.0 cm³/mol. The first-order chi connectivity index (χ1) is 7.40. The Bertz CT molecular complexity index is 391. The molecule has 0 aliphatic heterocycles. The molecule has 4 heteroatoms. The standard InChI is InChI=1S/C11H15N3S/c12-5-3-7-15-9-10-8-14-6-2-1-4-11(14)13-10/h1-2,4,6,8H,3,5,7,9,12H2. The highest BCUT2D eigenvalue weighted by atomic mass is 32.2. The molecule has 0 bridgehead atoms. The second kappa shape index (κ2) is 5.19. The highest BCUT2D eigenvalue weighted by Crippen LogP contribution is 2.13. The summed E-state index contributed by atoms with van der Waals surface area (Å²) < 4.78 is 2.05. The van der Waals surface area contributed by atoms with Gasteiger partial charge >= 0.3 is 0 Å². The van der Waals surface area contributed by atoms with Crippen LogP contribution in [0, 0.1) is 0 Å². The van der Waals surface area contributed by atoms with E-state index in [0.29, 0.717) is 0 Å². The number of rotatable bonds is 5. The van der Waals surface area contributed by atoms with Crippen LogP contribution in [0.15, 0.2) is 30.6 Å². The van der Waals surface area contributed by atoms with E-state index in [9.17, 15) is 0 Å². The van der Waals surface area contributed by atoms with Gasteiger partial charge in [-0.15, -0.1) is 0 Å². The molecule has 2 heterocycles. The van der Waals surface area contributed by atoms with Gasteiger partial charge < -0.3 is 10.1 Å². The second-order valence-corrected chi connectivity index (χ2v) is 4.50. The number of hydrogen-bond acceptors (Lipinski definition) is 3. The van der Waals surface area contributed by atoms with Crippen molar-refractivity contribution in [1.29, 1.82) is 0 Å². The largest absolute Gasteiger partial charge is 0.330 e. The molecule has 0 unspecified atom stereocenters. The molecular formula is C11H15N3S. The summed E-state index contributed by atoms with van der Waals surface area (Å²) >= 11 is 1.89. The van der Waals surface area contributed by atoms with Crippen molar-refractivity contribution >= 4 is 17.4 Å². The van der Waals surface area contributed by atoms with E-state index in [2.05, 4.69) is 15.6 Å². The van der Waals surface area contributed by atoms with Crippen LogP contribution < -0.4 is 5.73 Å². The molecule has 0 radical (unpaired) electrons. The minimum absolute atomic E-state index is 0.776. The van der Waals surface area contributed by atoms with Crippen LogP contribution in [0.3, 0.4) is 0 Å². The molecule has 3 nitrogen and oxygen atoms in total. The van der Waals surface area contributed by atoms with Crippen molar-refractivity contribution in [1.82, 2.24) is 9.38 Å². The van der Waals surface area contributed by atoms with Crippen molar-refractivity contribution in [2.45, 2.75) is 12.2 Å². The van der Waals surface area contributed by atoms with Crippen LogP contribution in [-0.4, -0.2) is 21.7 Å². The summed E-state index contributed by atoms with van der Waals surface area (Å²) in [4.78, 5) is 4.52. The molecule has 15 heavy (non-hydrogen) atoms. The van der Waals surface area contributed by atoms with Crippen molar-refractivity contribution in [3.8, 4) is 0 Å². The summed E-state index contributed by atoms with van der Waals surface area (Å²) in [5, 5.41) is 0. The Morgan fingerprint density at radius 3 is 3.13 bits per heavy atom. The second-order valence-electron chi connectivity index (χ2n) is 3.39. The van der Waals surface area contributed by atoms with Gasteiger partial charge in [-0.25, -0.2) is 4.98 Å². The van der Waals surface area contributed by atoms with E-state index in [-0.39, 0.29) is 0 Å². The zero-order chi connectivity index (χ0) is 10.5. The minimum Gasteiger partial charge on any atom is -0.330 e. The quantitative estimate of drug-likeness (QED) is 0.784. The molecule has 0 aliphatic rings. The first-order valence-corrected chi connectivity index (χ1v) is 6.26. The summed E-state index contributed by atoms with van der Waals surface area (Å²) in [5.41, 5.74) is 7.60.